The molecule has 2 rings (SSSR count). The number of hydrogen-bond donors (Lipinski definition) is 1. The molecule has 2 aromatic rings. The Bertz CT molecular complexity index is 499. The van der Waals surface area contributed by atoms with Crippen LogP contribution in [0.1, 0.15) is 5.76 Å². The minimum Gasteiger partial charge on any atom is -0.481 e. The number of furan rings is 1. The molecule has 0 aliphatic heterocycles. The maximum atomic E-state index is 5.56. The van der Waals surface area contributed by atoms with Gasteiger partial charge in [0.05, 0.1) is 18.3 Å². The van der Waals surface area contributed by atoms with Gasteiger partial charge < -0.3 is 14.9 Å². The molecule has 16 heavy (non-hydrogen) atoms. The van der Waals surface area contributed by atoms with Gasteiger partial charge in [-0.1, -0.05) is 11.8 Å². The Hall–Kier alpha value is -1.69. The fraction of sp³-hybridized carbons (Fsp3) is 0.200. The molecule has 2 N–H and O–H groups in total. The molecular weight excluding hydrogens is 226 g/mol. The fourth-order valence-electron chi connectivity index (χ4n) is 1.17. The van der Waals surface area contributed by atoms with E-state index in [0.717, 1.165) is 15.7 Å². The summed E-state index contributed by atoms with van der Waals surface area (Å²) in [7, 11) is 1.54. The van der Waals surface area contributed by atoms with Crippen molar-refractivity contribution in [1.29, 1.82) is 0 Å². The van der Waals surface area contributed by atoms with E-state index in [0.29, 0.717) is 5.88 Å². The number of rotatable bonds is 3. The predicted molar refractivity (Wildman–Crippen MR) is 60.6 cm³/mol. The number of nitrogen functional groups attached to an aromatic ring is 1. The standard InChI is InChI=1S/C10H11N3O2S/c1-6-7(3-4-15-6)16-9-5-8(14-2)12-10(11)13-9/h3-5H,1-2H3,(H2,11,12,13). The molecule has 0 unspecified atom stereocenters. The van der Waals surface area contributed by atoms with Gasteiger partial charge in [0.2, 0.25) is 11.8 Å². The zero-order chi connectivity index (χ0) is 11.5. The van der Waals surface area contributed by atoms with Gasteiger partial charge in [0.15, 0.2) is 0 Å². The highest BCUT2D eigenvalue weighted by Crippen LogP contribution is 2.31. The summed E-state index contributed by atoms with van der Waals surface area (Å²) in [6.45, 7) is 1.89. The van der Waals surface area contributed by atoms with Crippen molar-refractivity contribution in [3.05, 3.63) is 24.2 Å². The van der Waals surface area contributed by atoms with Crippen LogP contribution in [0.15, 0.2) is 32.7 Å². The number of nitrogens with two attached hydrogens (primary N) is 1. The molecule has 0 aliphatic carbocycles. The average Bonchev–Trinajstić information content (AvgIpc) is 2.63. The van der Waals surface area contributed by atoms with Crippen LogP contribution in [-0.2, 0) is 0 Å². The van der Waals surface area contributed by atoms with Crippen molar-refractivity contribution in [2.24, 2.45) is 0 Å². The molecule has 0 bridgehead atoms. The van der Waals surface area contributed by atoms with Gasteiger partial charge in [-0.15, -0.1) is 0 Å². The highest BCUT2D eigenvalue weighted by atomic mass is 32.2. The Kier molecular flexibility index (Phi) is 3.00. The maximum absolute atomic E-state index is 5.56. The van der Waals surface area contributed by atoms with Gasteiger partial charge in [-0.3, -0.25) is 0 Å². The number of methoxy groups -OCH3 is 1. The van der Waals surface area contributed by atoms with E-state index in [9.17, 15) is 0 Å². The van der Waals surface area contributed by atoms with E-state index in [2.05, 4.69) is 9.97 Å². The quantitative estimate of drug-likeness (QED) is 0.824. The number of ether oxygens (including phenoxy) is 1. The van der Waals surface area contributed by atoms with Crippen molar-refractivity contribution < 1.29 is 9.15 Å². The number of anilines is 1. The van der Waals surface area contributed by atoms with E-state index in [1.807, 2.05) is 13.0 Å². The van der Waals surface area contributed by atoms with E-state index in [1.165, 1.54) is 11.8 Å². The number of aromatic nitrogens is 2. The van der Waals surface area contributed by atoms with E-state index >= 15 is 0 Å². The normalized spacial score (nSPS) is 10.4. The summed E-state index contributed by atoms with van der Waals surface area (Å²) in [6.07, 6.45) is 1.64. The van der Waals surface area contributed by atoms with Crippen molar-refractivity contribution in [3.63, 3.8) is 0 Å². The summed E-state index contributed by atoms with van der Waals surface area (Å²) in [6, 6.07) is 3.61. The number of aryl methyl sites for hydroxylation is 1. The van der Waals surface area contributed by atoms with E-state index in [1.54, 1.807) is 19.4 Å². The smallest absolute Gasteiger partial charge is 0.224 e. The van der Waals surface area contributed by atoms with Crippen LogP contribution in [0.5, 0.6) is 5.88 Å². The van der Waals surface area contributed by atoms with E-state index in [-0.39, 0.29) is 5.95 Å². The molecule has 0 aliphatic rings. The first kappa shape index (κ1) is 10.8. The van der Waals surface area contributed by atoms with Gasteiger partial charge in [-0.25, -0.2) is 4.98 Å². The van der Waals surface area contributed by atoms with Crippen molar-refractivity contribution in [3.8, 4) is 5.88 Å². The van der Waals surface area contributed by atoms with Crippen molar-refractivity contribution in [2.45, 2.75) is 16.8 Å². The predicted octanol–water partition coefficient (Wildman–Crippen LogP) is 2.12. The molecule has 0 fully saturated rings. The number of nitrogens with zero attached hydrogens (tertiary/aromatic N) is 2. The van der Waals surface area contributed by atoms with E-state index in [4.69, 9.17) is 14.9 Å². The molecule has 0 spiro atoms. The number of hydrogen-bond acceptors (Lipinski definition) is 6. The molecule has 84 valence electrons. The molecule has 5 nitrogen and oxygen atoms in total. The van der Waals surface area contributed by atoms with Gasteiger partial charge in [0, 0.05) is 6.07 Å². The second-order valence-corrected chi connectivity index (χ2v) is 4.11. The van der Waals surface area contributed by atoms with Gasteiger partial charge >= 0.3 is 0 Å². The van der Waals surface area contributed by atoms with Crippen LogP contribution in [0.3, 0.4) is 0 Å². The third-order valence-corrected chi connectivity index (χ3v) is 2.99. The van der Waals surface area contributed by atoms with Gasteiger partial charge in [-0.05, 0) is 13.0 Å². The van der Waals surface area contributed by atoms with E-state index < -0.39 is 0 Å². The average molecular weight is 237 g/mol. The van der Waals surface area contributed by atoms with Crippen LogP contribution in [0.4, 0.5) is 5.95 Å². The van der Waals surface area contributed by atoms with Crippen molar-refractivity contribution >= 4 is 17.7 Å². The summed E-state index contributed by atoms with van der Waals surface area (Å²) in [5.74, 6) is 1.50. The zero-order valence-electron chi connectivity index (χ0n) is 8.93. The first-order chi connectivity index (χ1) is 7.69. The molecule has 0 atom stereocenters. The molecule has 2 heterocycles. The van der Waals surface area contributed by atoms with Crippen LogP contribution in [-0.4, -0.2) is 17.1 Å². The molecule has 2 aromatic heterocycles. The highest BCUT2D eigenvalue weighted by Gasteiger charge is 2.07. The Balaban J connectivity index is 2.28. The third kappa shape index (κ3) is 2.27. The lowest BCUT2D eigenvalue weighted by Gasteiger charge is -2.03. The summed E-state index contributed by atoms with van der Waals surface area (Å²) >= 11 is 1.46. The lowest BCUT2D eigenvalue weighted by atomic mass is 10.5. The minimum atomic E-state index is 0.197. The van der Waals surface area contributed by atoms with Gasteiger partial charge in [-0.2, -0.15) is 4.98 Å². The molecule has 0 radical (unpaired) electrons. The molecule has 6 heteroatoms. The second kappa shape index (κ2) is 4.44. The summed E-state index contributed by atoms with van der Waals surface area (Å²) in [4.78, 5) is 9.02. The van der Waals surface area contributed by atoms with Crippen molar-refractivity contribution in [1.82, 2.24) is 9.97 Å². The van der Waals surface area contributed by atoms with Gasteiger partial charge in [0.1, 0.15) is 10.8 Å². The van der Waals surface area contributed by atoms with Crippen LogP contribution in [0.2, 0.25) is 0 Å². The zero-order valence-corrected chi connectivity index (χ0v) is 9.75. The van der Waals surface area contributed by atoms with Crippen LogP contribution < -0.4 is 10.5 Å². The molecule has 0 saturated carbocycles. The largest absolute Gasteiger partial charge is 0.481 e. The molecular formula is C10H11N3O2S. The first-order valence-corrected chi connectivity index (χ1v) is 5.41. The molecule has 0 amide bonds. The second-order valence-electron chi connectivity index (χ2n) is 3.05. The Morgan fingerprint density at radius 3 is 2.88 bits per heavy atom. The lowest BCUT2D eigenvalue weighted by molar-refractivity contribution is 0.396. The van der Waals surface area contributed by atoms with Crippen LogP contribution in [0.25, 0.3) is 0 Å². The summed E-state index contributed by atoms with van der Waals surface area (Å²) < 4.78 is 10.2. The molecule has 0 saturated heterocycles. The SMILES string of the molecule is COc1cc(Sc2ccoc2C)nc(N)n1. The minimum absolute atomic E-state index is 0.197. The van der Waals surface area contributed by atoms with Crippen LogP contribution in [0, 0.1) is 6.92 Å². The fourth-order valence-corrected chi connectivity index (χ4v) is 2.01. The van der Waals surface area contributed by atoms with Crippen molar-refractivity contribution in [2.75, 3.05) is 12.8 Å². The third-order valence-electron chi connectivity index (χ3n) is 1.93. The summed E-state index contributed by atoms with van der Waals surface area (Å²) in [5.41, 5.74) is 5.56. The van der Waals surface area contributed by atoms with Crippen LogP contribution >= 0.6 is 11.8 Å². The summed E-state index contributed by atoms with van der Waals surface area (Å²) in [5, 5.41) is 0.730. The van der Waals surface area contributed by atoms with Gasteiger partial charge in [0.25, 0.3) is 0 Å². The maximum Gasteiger partial charge on any atom is 0.224 e. The first-order valence-electron chi connectivity index (χ1n) is 4.59. The topological polar surface area (TPSA) is 74.2 Å². The Morgan fingerprint density at radius 1 is 1.44 bits per heavy atom. The Morgan fingerprint density at radius 2 is 2.25 bits per heavy atom. The lowest BCUT2D eigenvalue weighted by Crippen LogP contribution is -1.98. The highest BCUT2D eigenvalue weighted by molar-refractivity contribution is 7.99. The Labute approximate surface area is 97.0 Å². The molecule has 0 aromatic carbocycles. The monoisotopic (exact) mass is 237 g/mol.